The van der Waals surface area contributed by atoms with Crippen LogP contribution in [-0.4, -0.2) is 5.11 Å². The zero-order chi connectivity index (χ0) is 11.5. The van der Waals surface area contributed by atoms with Gasteiger partial charge in [0.25, 0.3) is 6.43 Å². The van der Waals surface area contributed by atoms with Crippen LogP contribution < -0.4 is 0 Å². The number of hydrogen-bond donors (Lipinski definition) is 1. The number of hydrogen-bond acceptors (Lipinski definition) is 2. The fourth-order valence-corrected chi connectivity index (χ4v) is 2.44. The van der Waals surface area contributed by atoms with Crippen LogP contribution in [0, 0.1) is 0 Å². The maximum absolute atomic E-state index is 12.8. The van der Waals surface area contributed by atoms with E-state index < -0.39 is 6.43 Å². The second kappa shape index (κ2) is 4.72. The molecule has 0 fully saturated rings. The Morgan fingerprint density at radius 2 is 1.88 bits per heavy atom. The second-order valence-corrected chi connectivity index (χ2v) is 4.48. The van der Waals surface area contributed by atoms with Gasteiger partial charge in [-0.15, -0.1) is 11.3 Å². The first-order chi connectivity index (χ1) is 7.72. The van der Waals surface area contributed by atoms with E-state index in [1.165, 1.54) is 0 Å². The van der Waals surface area contributed by atoms with Gasteiger partial charge in [0.15, 0.2) is 0 Å². The van der Waals surface area contributed by atoms with Crippen LogP contribution in [0.1, 0.15) is 16.2 Å². The third-order valence-electron chi connectivity index (χ3n) is 2.25. The van der Waals surface area contributed by atoms with Gasteiger partial charge in [-0.1, -0.05) is 30.3 Å². The summed E-state index contributed by atoms with van der Waals surface area (Å²) in [7, 11) is 0. The largest absolute Gasteiger partial charge is 0.391 e. The molecule has 0 aliphatic carbocycles. The van der Waals surface area contributed by atoms with Gasteiger partial charge >= 0.3 is 0 Å². The molecule has 0 saturated heterocycles. The van der Waals surface area contributed by atoms with Gasteiger partial charge in [-0.25, -0.2) is 8.78 Å². The molecule has 1 heterocycles. The number of rotatable bonds is 3. The minimum atomic E-state index is -2.50. The summed E-state index contributed by atoms with van der Waals surface area (Å²) in [5.74, 6) is 0. The van der Waals surface area contributed by atoms with E-state index in [1.807, 2.05) is 6.07 Å². The summed E-state index contributed by atoms with van der Waals surface area (Å²) in [6.07, 6.45) is -2.50. The number of aliphatic hydroxyl groups excluding tert-OH is 1. The maximum atomic E-state index is 12.8. The Morgan fingerprint density at radius 3 is 2.44 bits per heavy atom. The normalized spacial score (nSPS) is 11.0. The lowest BCUT2D eigenvalue weighted by atomic mass is 10.1. The van der Waals surface area contributed by atoms with Crippen molar-refractivity contribution in [3.63, 3.8) is 0 Å². The third-order valence-corrected chi connectivity index (χ3v) is 3.38. The van der Waals surface area contributed by atoms with E-state index >= 15 is 0 Å². The van der Waals surface area contributed by atoms with Gasteiger partial charge in [-0.2, -0.15) is 0 Å². The molecule has 2 aromatic rings. The van der Waals surface area contributed by atoms with Crippen LogP contribution in [0.2, 0.25) is 0 Å². The summed E-state index contributed by atoms with van der Waals surface area (Å²) in [6.45, 7) is -0.197. The molecular weight excluding hydrogens is 230 g/mol. The summed E-state index contributed by atoms with van der Waals surface area (Å²) in [4.78, 5) is 0.587. The van der Waals surface area contributed by atoms with Crippen molar-refractivity contribution in [3.8, 4) is 11.1 Å². The molecule has 0 amide bonds. The molecule has 16 heavy (non-hydrogen) atoms. The smallest absolute Gasteiger partial charge is 0.273 e. The van der Waals surface area contributed by atoms with Gasteiger partial charge in [0.05, 0.1) is 11.5 Å². The molecule has 0 aliphatic rings. The van der Waals surface area contributed by atoms with Crippen molar-refractivity contribution in [1.82, 2.24) is 0 Å². The van der Waals surface area contributed by atoms with Gasteiger partial charge < -0.3 is 5.11 Å². The highest BCUT2D eigenvalue weighted by Crippen LogP contribution is 2.37. The highest BCUT2D eigenvalue weighted by Gasteiger charge is 2.18. The van der Waals surface area contributed by atoms with E-state index in [-0.39, 0.29) is 11.5 Å². The second-order valence-electron chi connectivity index (χ2n) is 3.32. The molecule has 0 unspecified atom stereocenters. The van der Waals surface area contributed by atoms with E-state index in [0.29, 0.717) is 10.4 Å². The van der Waals surface area contributed by atoms with Crippen LogP contribution in [0.25, 0.3) is 11.1 Å². The molecule has 0 aliphatic heterocycles. The first-order valence-corrected chi connectivity index (χ1v) is 5.61. The minimum absolute atomic E-state index is 0.0234. The Morgan fingerprint density at radius 1 is 1.19 bits per heavy atom. The number of thiophene rings is 1. The Hall–Kier alpha value is -1.26. The van der Waals surface area contributed by atoms with Gasteiger partial charge in [-0.05, 0) is 11.6 Å². The molecule has 1 aromatic carbocycles. The van der Waals surface area contributed by atoms with Crippen molar-refractivity contribution in [2.24, 2.45) is 0 Å². The molecule has 4 heteroatoms. The predicted molar refractivity (Wildman–Crippen MR) is 60.6 cm³/mol. The fourth-order valence-electron chi connectivity index (χ4n) is 1.54. The lowest BCUT2D eigenvalue weighted by molar-refractivity contribution is 0.156. The maximum Gasteiger partial charge on any atom is 0.273 e. The van der Waals surface area contributed by atoms with Crippen molar-refractivity contribution in [3.05, 3.63) is 46.2 Å². The molecule has 1 N–H and O–H groups in total. The summed E-state index contributed by atoms with van der Waals surface area (Å²) in [6, 6.07) is 10.7. The summed E-state index contributed by atoms with van der Waals surface area (Å²) in [5.41, 5.74) is 1.28. The lowest BCUT2D eigenvalue weighted by Gasteiger charge is -2.01. The van der Waals surface area contributed by atoms with E-state index in [2.05, 4.69) is 0 Å². The van der Waals surface area contributed by atoms with Gasteiger partial charge in [0.2, 0.25) is 0 Å². The highest BCUT2D eigenvalue weighted by molar-refractivity contribution is 7.12. The van der Waals surface area contributed by atoms with Crippen molar-refractivity contribution in [2.45, 2.75) is 13.0 Å². The van der Waals surface area contributed by atoms with Crippen molar-refractivity contribution in [2.75, 3.05) is 0 Å². The van der Waals surface area contributed by atoms with Crippen LogP contribution in [0.3, 0.4) is 0 Å². The molecule has 1 nitrogen and oxygen atoms in total. The van der Waals surface area contributed by atoms with Crippen molar-refractivity contribution >= 4 is 11.3 Å². The zero-order valence-electron chi connectivity index (χ0n) is 8.36. The van der Waals surface area contributed by atoms with E-state index in [0.717, 1.165) is 16.9 Å². The SMILES string of the molecule is OCc1cc(-c2ccccc2)c(C(F)F)s1. The van der Waals surface area contributed by atoms with Gasteiger partial charge in [0, 0.05) is 10.4 Å². The average Bonchev–Trinajstić information content (AvgIpc) is 2.74. The Kier molecular flexibility index (Phi) is 3.31. The van der Waals surface area contributed by atoms with Gasteiger partial charge in [0.1, 0.15) is 0 Å². The quantitative estimate of drug-likeness (QED) is 0.864. The standard InChI is InChI=1S/C12H10F2OS/c13-12(14)11-10(6-9(7-15)16-11)8-4-2-1-3-5-8/h1-6,12,15H,7H2. The Labute approximate surface area is 96.0 Å². The number of benzene rings is 1. The zero-order valence-corrected chi connectivity index (χ0v) is 9.18. The summed E-state index contributed by atoms with van der Waals surface area (Å²) in [5, 5.41) is 8.97. The molecule has 0 spiro atoms. The van der Waals surface area contributed by atoms with E-state index in [9.17, 15) is 8.78 Å². The number of aliphatic hydroxyl groups is 1. The topological polar surface area (TPSA) is 20.2 Å². The molecule has 1 aromatic heterocycles. The molecule has 0 atom stereocenters. The van der Waals surface area contributed by atoms with E-state index in [4.69, 9.17) is 5.11 Å². The Balaban J connectivity index is 2.51. The van der Waals surface area contributed by atoms with Crippen molar-refractivity contribution < 1.29 is 13.9 Å². The minimum Gasteiger partial charge on any atom is -0.391 e. The Bertz CT molecular complexity index is 465. The van der Waals surface area contributed by atoms with Crippen LogP contribution >= 0.6 is 11.3 Å². The average molecular weight is 240 g/mol. The monoisotopic (exact) mass is 240 g/mol. The first kappa shape index (κ1) is 11.2. The van der Waals surface area contributed by atoms with Crippen LogP contribution in [0.5, 0.6) is 0 Å². The number of alkyl halides is 2. The van der Waals surface area contributed by atoms with E-state index in [1.54, 1.807) is 30.3 Å². The van der Waals surface area contributed by atoms with Crippen molar-refractivity contribution in [1.29, 1.82) is 0 Å². The molecule has 0 radical (unpaired) electrons. The lowest BCUT2D eigenvalue weighted by Crippen LogP contribution is -1.82. The summed E-state index contributed by atoms with van der Waals surface area (Å²) >= 11 is 0.962. The molecular formula is C12H10F2OS. The first-order valence-electron chi connectivity index (χ1n) is 4.79. The summed E-state index contributed by atoms with van der Waals surface area (Å²) < 4.78 is 25.6. The molecule has 2 rings (SSSR count). The third kappa shape index (κ3) is 2.13. The number of halogens is 2. The molecule has 84 valence electrons. The fraction of sp³-hybridized carbons (Fsp3) is 0.167. The van der Waals surface area contributed by atoms with Crippen LogP contribution in [-0.2, 0) is 6.61 Å². The molecule has 0 saturated carbocycles. The molecule has 0 bridgehead atoms. The highest BCUT2D eigenvalue weighted by atomic mass is 32.1. The van der Waals surface area contributed by atoms with Gasteiger partial charge in [-0.3, -0.25) is 0 Å². The van der Waals surface area contributed by atoms with Crippen LogP contribution in [0.15, 0.2) is 36.4 Å². The van der Waals surface area contributed by atoms with Crippen LogP contribution in [0.4, 0.5) is 8.78 Å². The predicted octanol–water partition coefficient (Wildman–Crippen LogP) is 3.85.